The van der Waals surface area contributed by atoms with Crippen molar-refractivity contribution in [2.45, 2.75) is 6.04 Å². The fourth-order valence-electron chi connectivity index (χ4n) is 2.56. The van der Waals surface area contributed by atoms with Crippen LogP contribution in [0.15, 0.2) is 48.5 Å². The molecular weight excluding hydrogens is 366 g/mol. The molecule has 2 aromatic rings. The van der Waals surface area contributed by atoms with Gasteiger partial charge in [-0.05, 0) is 56.1 Å². The Bertz CT molecular complexity index is 761. The molecule has 7 heteroatoms. The maximum atomic E-state index is 12.1. The van der Waals surface area contributed by atoms with Crippen LogP contribution in [0, 0.1) is 0 Å². The van der Waals surface area contributed by atoms with E-state index in [1.165, 1.54) is 0 Å². The molecule has 144 valence electrons. The quantitative estimate of drug-likeness (QED) is 0.727. The number of carbonyl (C=O) groups is 2. The smallest absolute Gasteiger partial charge is 0.251 e. The highest BCUT2D eigenvalue weighted by atomic mass is 35.5. The van der Waals surface area contributed by atoms with Crippen LogP contribution >= 0.6 is 11.6 Å². The number of hydrogen-bond acceptors (Lipinski definition) is 4. The minimum Gasteiger partial charge on any atom is -0.497 e. The second kappa shape index (κ2) is 9.94. The third-order valence-electron chi connectivity index (χ3n) is 4.13. The summed E-state index contributed by atoms with van der Waals surface area (Å²) in [6.07, 6.45) is 0. The van der Waals surface area contributed by atoms with Crippen LogP contribution in [0.5, 0.6) is 5.75 Å². The lowest BCUT2D eigenvalue weighted by Crippen LogP contribution is -2.40. The summed E-state index contributed by atoms with van der Waals surface area (Å²) in [5, 5.41) is 6.01. The van der Waals surface area contributed by atoms with Crippen LogP contribution in [0.1, 0.15) is 22.0 Å². The van der Waals surface area contributed by atoms with Gasteiger partial charge in [0.2, 0.25) is 5.91 Å². The molecule has 2 N–H and O–H groups in total. The van der Waals surface area contributed by atoms with E-state index >= 15 is 0 Å². The number of benzene rings is 2. The number of ether oxygens (including phenoxy) is 1. The molecule has 0 saturated carbocycles. The molecule has 1 atom stereocenters. The Morgan fingerprint density at radius 2 is 1.67 bits per heavy atom. The van der Waals surface area contributed by atoms with E-state index in [1.807, 2.05) is 43.3 Å². The highest BCUT2D eigenvalue weighted by Crippen LogP contribution is 2.20. The number of nitrogens with zero attached hydrogens (tertiary/aromatic N) is 1. The van der Waals surface area contributed by atoms with Crippen molar-refractivity contribution >= 4 is 23.4 Å². The Hall–Kier alpha value is -2.57. The molecule has 0 aliphatic heterocycles. The first-order valence-corrected chi connectivity index (χ1v) is 8.89. The number of carbonyl (C=O) groups excluding carboxylic acids is 2. The first-order valence-electron chi connectivity index (χ1n) is 8.51. The Kier molecular flexibility index (Phi) is 7.64. The molecule has 0 spiro atoms. The maximum absolute atomic E-state index is 12.1. The second-order valence-corrected chi connectivity index (χ2v) is 6.68. The summed E-state index contributed by atoms with van der Waals surface area (Å²) >= 11 is 5.80. The van der Waals surface area contributed by atoms with Crippen LogP contribution in [-0.4, -0.2) is 51.0 Å². The number of amides is 2. The van der Waals surface area contributed by atoms with Gasteiger partial charge in [0.15, 0.2) is 0 Å². The predicted molar refractivity (Wildman–Crippen MR) is 106 cm³/mol. The molecule has 2 amide bonds. The summed E-state index contributed by atoms with van der Waals surface area (Å²) in [6, 6.07) is 14.2. The lowest BCUT2D eigenvalue weighted by Gasteiger charge is -2.25. The average molecular weight is 390 g/mol. The number of hydrogen-bond donors (Lipinski definition) is 2. The Labute approximate surface area is 164 Å². The van der Waals surface area contributed by atoms with E-state index in [1.54, 1.807) is 31.4 Å². The highest BCUT2D eigenvalue weighted by molar-refractivity contribution is 6.30. The monoisotopic (exact) mass is 389 g/mol. The molecule has 0 heterocycles. The molecule has 6 nitrogen and oxygen atoms in total. The SMILES string of the molecule is COc1ccc(C(CNC(=O)CNC(=O)c2ccc(Cl)cc2)N(C)C)cc1. The van der Waals surface area contributed by atoms with Crippen molar-refractivity contribution in [1.82, 2.24) is 15.5 Å². The van der Waals surface area contributed by atoms with Crippen LogP contribution in [0.2, 0.25) is 5.02 Å². The molecule has 0 aliphatic rings. The van der Waals surface area contributed by atoms with Gasteiger partial charge < -0.3 is 20.3 Å². The summed E-state index contributed by atoms with van der Waals surface area (Å²) in [6.45, 7) is 0.333. The van der Waals surface area contributed by atoms with Gasteiger partial charge in [-0.1, -0.05) is 23.7 Å². The molecule has 2 rings (SSSR count). The third kappa shape index (κ3) is 6.27. The Morgan fingerprint density at radius 3 is 2.22 bits per heavy atom. The summed E-state index contributed by atoms with van der Waals surface area (Å²) < 4.78 is 5.17. The number of nitrogens with one attached hydrogen (secondary N) is 2. The van der Waals surface area contributed by atoms with E-state index in [2.05, 4.69) is 10.6 Å². The van der Waals surface area contributed by atoms with Crippen LogP contribution in [0.4, 0.5) is 0 Å². The molecule has 0 bridgehead atoms. The molecule has 1 unspecified atom stereocenters. The van der Waals surface area contributed by atoms with Gasteiger partial charge in [-0.2, -0.15) is 0 Å². The van der Waals surface area contributed by atoms with E-state index in [4.69, 9.17) is 16.3 Å². The zero-order chi connectivity index (χ0) is 19.8. The van der Waals surface area contributed by atoms with Crippen LogP contribution in [0.25, 0.3) is 0 Å². The highest BCUT2D eigenvalue weighted by Gasteiger charge is 2.16. The second-order valence-electron chi connectivity index (χ2n) is 6.25. The number of likely N-dealkylation sites (N-methyl/N-ethyl adjacent to an activating group) is 1. The van der Waals surface area contributed by atoms with Gasteiger partial charge in [-0.25, -0.2) is 0 Å². The van der Waals surface area contributed by atoms with Crippen molar-refractivity contribution in [3.63, 3.8) is 0 Å². The van der Waals surface area contributed by atoms with Gasteiger partial charge in [0.05, 0.1) is 19.7 Å². The molecule has 0 saturated heterocycles. The fourth-order valence-corrected chi connectivity index (χ4v) is 2.69. The predicted octanol–water partition coefficient (Wildman–Crippen LogP) is 2.50. The van der Waals surface area contributed by atoms with Gasteiger partial charge in [0.1, 0.15) is 5.75 Å². The van der Waals surface area contributed by atoms with Crippen molar-refractivity contribution in [2.24, 2.45) is 0 Å². The van der Waals surface area contributed by atoms with E-state index in [9.17, 15) is 9.59 Å². The van der Waals surface area contributed by atoms with Crippen molar-refractivity contribution in [1.29, 1.82) is 0 Å². The van der Waals surface area contributed by atoms with Crippen molar-refractivity contribution < 1.29 is 14.3 Å². The molecule has 0 aliphatic carbocycles. The van der Waals surface area contributed by atoms with E-state index < -0.39 is 0 Å². The Balaban J connectivity index is 1.86. The van der Waals surface area contributed by atoms with Crippen LogP contribution < -0.4 is 15.4 Å². The first-order chi connectivity index (χ1) is 12.9. The lowest BCUT2D eigenvalue weighted by molar-refractivity contribution is -0.120. The van der Waals surface area contributed by atoms with Gasteiger partial charge in [0.25, 0.3) is 5.91 Å². The largest absolute Gasteiger partial charge is 0.497 e. The van der Waals surface area contributed by atoms with Crippen molar-refractivity contribution in [2.75, 3.05) is 34.3 Å². The topological polar surface area (TPSA) is 70.7 Å². The van der Waals surface area contributed by atoms with E-state index in [-0.39, 0.29) is 24.4 Å². The zero-order valence-electron chi connectivity index (χ0n) is 15.7. The van der Waals surface area contributed by atoms with Crippen molar-refractivity contribution in [3.8, 4) is 5.75 Å². The average Bonchev–Trinajstić information content (AvgIpc) is 2.67. The van der Waals surface area contributed by atoms with E-state index in [0.29, 0.717) is 17.1 Å². The summed E-state index contributed by atoms with van der Waals surface area (Å²) in [5.41, 5.74) is 1.52. The number of rotatable bonds is 8. The molecule has 0 radical (unpaired) electrons. The summed E-state index contributed by atoms with van der Waals surface area (Å²) in [4.78, 5) is 26.2. The minimum absolute atomic E-state index is 0.00632. The first kappa shape index (κ1) is 20.7. The standard InChI is InChI=1S/C20H24ClN3O3/c1-24(2)18(14-6-10-17(27-3)11-7-14)12-22-19(25)13-23-20(26)15-4-8-16(21)9-5-15/h4-11,18H,12-13H2,1-3H3,(H,22,25)(H,23,26). The van der Waals surface area contributed by atoms with Gasteiger partial charge >= 0.3 is 0 Å². The zero-order valence-corrected chi connectivity index (χ0v) is 16.4. The molecule has 27 heavy (non-hydrogen) atoms. The normalized spacial score (nSPS) is 11.7. The van der Waals surface area contributed by atoms with E-state index in [0.717, 1.165) is 11.3 Å². The van der Waals surface area contributed by atoms with Gasteiger partial charge in [0, 0.05) is 17.1 Å². The molecule has 2 aromatic carbocycles. The third-order valence-corrected chi connectivity index (χ3v) is 4.38. The molecule has 0 fully saturated rings. The fraction of sp³-hybridized carbons (Fsp3) is 0.300. The van der Waals surface area contributed by atoms with Crippen molar-refractivity contribution in [3.05, 3.63) is 64.7 Å². The maximum Gasteiger partial charge on any atom is 0.251 e. The lowest BCUT2D eigenvalue weighted by atomic mass is 10.1. The summed E-state index contributed by atoms with van der Waals surface area (Å²) in [7, 11) is 5.52. The molecular formula is C20H24ClN3O3. The van der Waals surface area contributed by atoms with Gasteiger partial charge in [-0.3, -0.25) is 9.59 Å². The Morgan fingerprint density at radius 1 is 1.04 bits per heavy atom. The molecule has 0 aromatic heterocycles. The van der Waals surface area contributed by atoms with Crippen LogP contribution in [0.3, 0.4) is 0 Å². The minimum atomic E-state index is -0.318. The summed E-state index contributed by atoms with van der Waals surface area (Å²) in [5.74, 6) is 0.212. The number of halogens is 1. The van der Waals surface area contributed by atoms with Gasteiger partial charge in [-0.15, -0.1) is 0 Å². The van der Waals surface area contributed by atoms with Crippen LogP contribution in [-0.2, 0) is 4.79 Å². The number of methoxy groups -OCH3 is 1.